The van der Waals surface area contributed by atoms with E-state index in [2.05, 4.69) is 27.0 Å². The number of anilines is 1. The van der Waals surface area contributed by atoms with E-state index in [0.717, 1.165) is 0 Å². The SMILES string of the molecule is C=CCOc1ccc(C(=O)Nc2cccnc2-n2cncn2)cc1OC. The molecule has 2 heterocycles. The van der Waals surface area contributed by atoms with Crippen molar-refractivity contribution in [1.29, 1.82) is 0 Å². The quantitative estimate of drug-likeness (QED) is 0.658. The van der Waals surface area contributed by atoms with Crippen LogP contribution in [0.3, 0.4) is 0 Å². The second-order valence-electron chi connectivity index (χ2n) is 5.13. The molecule has 3 rings (SSSR count). The van der Waals surface area contributed by atoms with Crippen molar-refractivity contribution in [3.63, 3.8) is 0 Å². The number of pyridine rings is 1. The summed E-state index contributed by atoms with van der Waals surface area (Å²) in [5.74, 6) is 1.15. The summed E-state index contributed by atoms with van der Waals surface area (Å²) in [6.07, 6.45) is 6.15. The minimum atomic E-state index is -0.312. The molecule has 0 bridgehead atoms. The molecule has 0 aliphatic rings. The molecule has 1 amide bonds. The summed E-state index contributed by atoms with van der Waals surface area (Å²) < 4.78 is 12.3. The number of nitrogens with zero attached hydrogens (tertiary/aromatic N) is 4. The van der Waals surface area contributed by atoms with Gasteiger partial charge >= 0.3 is 0 Å². The second-order valence-corrected chi connectivity index (χ2v) is 5.13. The van der Waals surface area contributed by atoms with Crippen LogP contribution >= 0.6 is 0 Å². The molecule has 26 heavy (non-hydrogen) atoms. The van der Waals surface area contributed by atoms with Gasteiger partial charge in [-0.15, -0.1) is 0 Å². The predicted octanol–water partition coefficient (Wildman–Crippen LogP) is 2.49. The summed E-state index contributed by atoms with van der Waals surface area (Å²) in [4.78, 5) is 20.8. The Morgan fingerprint density at radius 2 is 2.23 bits per heavy atom. The Bertz CT molecular complexity index is 909. The number of nitrogens with one attached hydrogen (secondary N) is 1. The van der Waals surface area contributed by atoms with Crippen molar-refractivity contribution in [3.8, 4) is 17.3 Å². The number of hydrogen-bond donors (Lipinski definition) is 1. The summed E-state index contributed by atoms with van der Waals surface area (Å²) in [6, 6.07) is 8.41. The summed E-state index contributed by atoms with van der Waals surface area (Å²) in [5, 5.41) is 6.87. The molecule has 8 heteroatoms. The molecule has 1 N–H and O–H groups in total. The topological polar surface area (TPSA) is 91.2 Å². The van der Waals surface area contributed by atoms with E-state index in [4.69, 9.17) is 9.47 Å². The first-order chi connectivity index (χ1) is 12.7. The molecule has 0 saturated heterocycles. The predicted molar refractivity (Wildman–Crippen MR) is 95.8 cm³/mol. The molecule has 0 aliphatic heterocycles. The van der Waals surface area contributed by atoms with Crippen LogP contribution in [0.2, 0.25) is 0 Å². The molecule has 0 radical (unpaired) electrons. The number of ether oxygens (including phenoxy) is 2. The highest BCUT2D eigenvalue weighted by atomic mass is 16.5. The van der Waals surface area contributed by atoms with E-state index >= 15 is 0 Å². The highest BCUT2D eigenvalue weighted by Gasteiger charge is 2.14. The molecule has 132 valence electrons. The van der Waals surface area contributed by atoms with Crippen LogP contribution in [0.4, 0.5) is 5.69 Å². The fraction of sp³-hybridized carbons (Fsp3) is 0.111. The smallest absolute Gasteiger partial charge is 0.255 e. The molecule has 0 spiro atoms. The lowest BCUT2D eigenvalue weighted by atomic mass is 10.2. The lowest BCUT2D eigenvalue weighted by molar-refractivity contribution is 0.102. The van der Waals surface area contributed by atoms with Crippen LogP contribution in [0, 0.1) is 0 Å². The number of hydrogen-bond acceptors (Lipinski definition) is 6. The van der Waals surface area contributed by atoms with Crippen LogP contribution in [-0.4, -0.2) is 39.4 Å². The molecule has 0 unspecified atom stereocenters. The summed E-state index contributed by atoms with van der Waals surface area (Å²) in [5.41, 5.74) is 0.926. The standard InChI is InChI=1S/C18H17N5O3/c1-3-9-26-15-7-6-13(10-16(15)25-2)18(24)22-14-5-4-8-20-17(14)23-12-19-11-21-23/h3-8,10-12H,1,9H2,2H3,(H,22,24). The Kier molecular flexibility index (Phi) is 5.23. The Balaban J connectivity index is 1.84. The van der Waals surface area contributed by atoms with Crippen molar-refractivity contribution in [3.05, 3.63) is 67.4 Å². The van der Waals surface area contributed by atoms with E-state index < -0.39 is 0 Å². The molecule has 0 fully saturated rings. The molecule has 1 aromatic carbocycles. The minimum Gasteiger partial charge on any atom is -0.493 e. The maximum Gasteiger partial charge on any atom is 0.255 e. The summed E-state index contributed by atoms with van der Waals surface area (Å²) in [7, 11) is 1.52. The molecule has 0 aliphatic carbocycles. The monoisotopic (exact) mass is 351 g/mol. The average Bonchev–Trinajstić information content (AvgIpc) is 3.21. The van der Waals surface area contributed by atoms with Gasteiger partial charge in [0.05, 0.1) is 12.8 Å². The zero-order valence-corrected chi connectivity index (χ0v) is 14.1. The lowest BCUT2D eigenvalue weighted by Gasteiger charge is -2.12. The number of amides is 1. The van der Waals surface area contributed by atoms with Gasteiger partial charge in [-0.1, -0.05) is 12.7 Å². The van der Waals surface area contributed by atoms with Crippen molar-refractivity contribution in [2.45, 2.75) is 0 Å². The number of methoxy groups -OCH3 is 1. The zero-order valence-electron chi connectivity index (χ0n) is 14.1. The number of carbonyl (C=O) groups is 1. The number of carbonyl (C=O) groups excluding carboxylic acids is 1. The van der Waals surface area contributed by atoms with E-state index in [1.165, 1.54) is 24.4 Å². The first-order valence-corrected chi connectivity index (χ1v) is 7.76. The van der Waals surface area contributed by atoms with E-state index in [0.29, 0.717) is 35.2 Å². The van der Waals surface area contributed by atoms with Gasteiger partial charge in [0.1, 0.15) is 19.3 Å². The fourth-order valence-corrected chi connectivity index (χ4v) is 2.27. The molecule has 8 nitrogen and oxygen atoms in total. The van der Waals surface area contributed by atoms with Crippen molar-refractivity contribution < 1.29 is 14.3 Å². The number of benzene rings is 1. The Morgan fingerprint density at radius 3 is 2.96 bits per heavy atom. The third-order valence-corrected chi connectivity index (χ3v) is 3.45. The van der Waals surface area contributed by atoms with Crippen molar-refractivity contribution in [2.24, 2.45) is 0 Å². The first kappa shape index (κ1) is 17.2. The third-order valence-electron chi connectivity index (χ3n) is 3.45. The normalized spacial score (nSPS) is 10.2. The van der Waals surface area contributed by atoms with Gasteiger partial charge in [0, 0.05) is 11.8 Å². The minimum absolute atomic E-state index is 0.312. The third kappa shape index (κ3) is 3.69. The average molecular weight is 351 g/mol. The van der Waals surface area contributed by atoms with E-state index in [-0.39, 0.29) is 5.91 Å². The van der Waals surface area contributed by atoms with E-state index in [9.17, 15) is 4.79 Å². The Morgan fingerprint density at radius 1 is 1.35 bits per heavy atom. The van der Waals surface area contributed by atoms with Crippen molar-refractivity contribution in [2.75, 3.05) is 19.0 Å². The van der Waals surface area contributed by atoms with Crippen molar-refractivity contribution >= 4 is 11.6 Å². The van der Waals surface area contributed by atoms with Crippen LogP contribution in [-0.2, 0) is 0 Å². The van der Waals surface area contributed by atoms with Crippen LogP contribution in [0.5, 0.6) is 11.5 Å². The van der Waals surface area contributed by atoms with Gasteiger partial charge in [0.2, 0.25) is 0 Å². The summed E-state index contributed by atoms with van der Waals surface area (Å²) in [6.45, 7) is 3.95. The summed E-state index contributed by atoms with van der Waals surface area (Å²) >= 11 is 0. The maximum atomic E-state index is 12.6. The van der Waals surface area contributed by atoms with Gasteiger partial charge < -0.3 is 14.8 Å². The van der Waals surface area contributed by atoms with E-state index in [1.807, 2.05) is 0 Å². The van der Waals surface area contributed by atoms with Crippen LogP contribution in [0.1, 0.15) is 10.4 Å². The van der Waals surface area contributed by atoms with Gasteiger partial charge in [0.25, 0.3) is 5.91 Å². The molecule has 3 aromatic rings. The van der Waals surface area contributed by atoms with Crippen LogP contribution < -0.4 is 14.8 Å². The van der Waals surface area contributed by atoms with Crippen LogP contribution in [0.25, 0.3) is 5.82 Å². The molecule has 0 saturated carbocycles. The van der Waals surface area contributed by atoms with Gasteiger partial charge in [-0.3, -0.25) is 4.79 Å². The zero-order chi connectivity index (χ0) is 18.4. The first-order valence-electron chi connectivity index (χ1n) is 7.76. The maximum absolute atomic E-state index is 12.6. The van der Waals surface area contributed by atoms with E-state index in [1.54, 1.807) is 42.6 Å². The van der Waals surface area contributed by atoms with Crippen LogP contribution in [0.15, 0.2) is 61.8 Å². The van der Waals surface area contributed by atoms with Gasteiger partial charge in [-0.2, -0.15) is 5.10 Å². The number of rotatable bonds is 7. The second kappa shape index (κ2) is 7.93. The highest BCUT2D eigenvalue weighted by molar-refractivity contribution is 6.05. The number of aromatic nitrogens is 4. The van der Waals surface area contributed by atoms with Crippen molar-refractivity contribution in [1.82, 2.24) is 19.7 Å². The van der Waals surface area contributed by atoms with Gasteiger partial charge in [-0.05, 0) is 30.3 Å². The largest absolute Gasteiger partial charge is 0.493 e. The fourth-order valence-electron chi connectivity index (χ4n) is 2.27. The highest BCUT2D eigenvalue weighted by Crippen LogP contribution is 2.28. The molecular formula is C18H17N5O3. The molecular weight excluding hydrogens is 334 g/mol. The van der Waals surface area contributed by atoms with Gasteiger partial charge in [0.15, 0.2) is 17.3 Å². The van der Waals surface area contributed by atoms with Gasteiger partial charge in [-0.25, -0.2) is 14.6 Å². The molecule has 2 aromatic heterocycles. The Hall–Kier alpha value is -3.68. The lowest BCUT2D eigenvalue weighted by Crippen LogP contribution is -2.15. The molecule has 0 atom stereocenters. The Labute approximate surface area is 150 Å².